The average molecular weight is 271 g/mol. The molecule has 96 valence electrons. The molecule has 0 aliphatic rings. The van der Waals surface area contributed by atoms with E-state index in [0.29, 0.717) is 17.9 Å². The second-order valence-electron chi connectivity index (χ2n) is 3.79. The van der Waals surface area contributed by atoms with E-state index < -0.39 is 0 Å². The van der Waals surface area contributed by atoms with Crippen LogP contribution in [0, 0.1) is 18.3 Å². The number of thioether (sulfide) groups is 1. The van der Waals surface area contributed by atoms with Crippen molar-refractivity contribution in [1.82, 2.24) is 9.97 Å². The first-order chi connectivity index (χ1) is 9.29. The van der Waals surface area contributed by atoms with Crippen molar-refractivity contribution in [3.63, 3.8) is 0 Å². The number of hydrogen-bond acceptors (Lipinski definition) is 5. The van der Waals surface area contributed by atoms with E-state index in [9.17, 15) is 0 Å². The van der Waals surface area contributed by atoms with E-state index in [1.165, 1.54) is 11.8 Å². The quantitative estimate of drug-likeness (QED) is 0.475. The van der Waals surface area contributed by atoms with Gasteiger partial charge >= 0.3 is 0 Å². The first-order valence-corrected chi connectivity index (χ1v) is 6.82. The number of rotatable bonds is 5. The first kappa shape index (κ1) is 13.4. The molecule has 1 aromatic heterocycles. The minimum Gasteiger partial charge on any atom is -0.491 e. The van der Waals surface area contributed by atoms with Gasteiger partial charge in [0.15, 0.2) is 5.16 Å². The van der Waals surface area contributed by atoms with Crippen LogP contribution in [0.5, 0.6) is 5.75 Å². The second kappa shape index (κ2) is 6.76. The molecular formula is C14H13N3OS. The van der Waals surface area contributed by atoms with Crippen molar-refractivity contribution in [3.8, 4) is 11.8 Å². The number of hydrogen-bond donors (Lipinski definition) is 0. The Balaban J connectivity index is 1.83. The molecule has 0 fully saturated rings. The lowest BCUT2D eigenvalue weighted by atomic mass is 10.2. The Hall–Kier alpha value is -2.06. The van der Waals surface area contributed by atoms with Gasteiger partial charge in [-0.05, 0) is 25.1 Å². The molecule has 0 aliphatic heterocycles. The van der Waals surface area contributed by atoms with Crippen LogP contribution in [0.2, 0.25) is 0 Å². The molecule has 4 nitrogen and oxygen atoms in total. The largest absolute Gasteiger partial charge is 0.491 e. The van der Waals surface area contributed by atoms with Crippen molar-refractivity contribution in [3.05, 3.63) is 47.8 Å². The molecule has 19 heavy (non-hydrogen) atoms. The van der Waals surface area contributed by atoms with Gasteiger partial charge in [0.2, 0.25) is 0 Å². The molecule has 0 amide bonds. The van der Waals surface area contributed by atoms with Crippen molar-refractivity contribution in [2.75, 3.05) is 12.4 Å². The lowest BCUT2D eigenvalue weighted by molar-refractivity contribution is 0.343. The third kappa shape index (κ3) is 3.97. The Morgan fingerprint density at radius 3 is 2.95 bits per heavy atom. The molecule has 0 saturated carbocycles. The van der Waals surface area contributed by atoms with Gasteiger partial charge in [0.1, 0.15) is 11.8 Å². The SMILES string of the molecule is Cc1ccnc(SCCOc2ccccc2C#N)n1. The number of aromatic nitrogens is 2. The van der Waals surface area contributed by atoms with E-state index in [2.05, 4.69) is 16.0 Å². The van der Waals surface area contributed by atoms with Gasteiger partial charge in [-0.2, -0.15) is 5.26 Å². The highest BCUT2D eigenvalue weighted by Gasteiger charge is 2.02. The molecule has 5 heteroatoms. The van der Waals surface area contributed by atoms with Gasteiger partial charge in [0, 0.05) is 17.6 Å². The van der Waals surface area contributed by atoms with Crippen LogP contribution in [0.3, 0.4) is 0 Å². The van der Waals surface area contributed by atoms with Gasteiger partial charge in [-0.25, -0.2) is 9.97 Å². The normalized spacial score (nSPS) is 9.89. The van der Waals surface area contributed by atoms with Gasteiger partial charge in [-0.3, -0.25) is 0 Å². The summed E-state index contributed by atoms with van der Waals surface area (Å²) in [6.07, 6.45) is 1.75. The minimum atomic E-state index is 0.515. The van der Waals surface area contributed by atoms with E-state index in [1.54, 1.807) is 18.3 Å². The van der Waals surface area contributed by atoms with Crippen LogP contribution >= 0.6 is 11.8 Å². The van der Waals surface area contributed by atoms with Crippen LogP contribution < -0.4 is 4.74 Å². The molecule has 0 spiro atoms. The average Bonchev–Trinajstić information content (AvgIpc) is 2.44. The first-order valence-electron chi connectivity index (χ1n) is 5.84. The number of ether oxygens (including phenoxy) is 1. The summed E-state index contributed by atoms with van der Waals surface area (Å²) in [5.41, 5.74) is 1.51. The lowest BCUT2D eigenvalue weighted by Crippen LogP contribution is -2.02. The number of benzene rings is 1. The smallest absolute Gasteiger partial charge is 0.187 e. The fourth-order valence-corrected chi connectivity index (χ4v) is 2.16. The molecule has 0 unspecified atom stereocenters. The van der Waals surface area contributed by atoms with Gasteiger partial charge in [0.05, 0.1) is 12.2 Å². The zero-order chi connectivity index (χ0) is 13.5. The molecule has 0 atom stereocenters. The highest BCUT2D eigenvalue weighted by Crippen LogP contribution is 2.18. The zero-order valence-electron chi connectivity index (χ0n) is 10.5. The number of nitriles is 1. The minimum absolute atomic E-state index is 0.515. The summed E-state index contributed by atoms with van der Waals surface area (Å²) >= 11 is 1.54. The molecular weight excluding hydrogens is 258 g/mol. The van der Waals surface area contributed by atoms with Crippen molar-refractivity contribution < 1.29 is 4.74 Å². The number of nitrogens with zero attached hydrogens (tertiary/aromatic N) is 3. The van der Waals surface area contributed by atoms with Crippen LogP contribution in [0.4, 0.5) is 0 Å². The fourth-order valence-electron chi connectivity index (χ4n) is 1.46. The third-order valence-electron chi connectivity index (χ3n) is 2.35. The summed E-state index contributed by atoms with van der Waals surface area (Å²) in [4.78, 5) is 8.46. The van der Waals surface area contributed by atoms with Crippen LogP contribution in [0.15, 0.2) is 41.7 Å². The number of para-hydroxylation sites is 1. The van der Waals surface area contributed by atoms with Crippen molar-refractivity contribution >= 4 is 11.8 Å². The maximum Gasteiger partial charge on any atom is 0.187 e. The molecule has 2 rings (SSSR count). The van der Waals surface area contributed by atoms with Crippen LogP contribution in [0.1, 0.15) is 11.3 Å². The standard InChI is InChI=1S/C14H13N3OS/c1-11-6-7-16-14(17-11)19-9-8-18-13-5-3-2-4-12(13)10-15/h2-7H,8-9H2,1H3. The van der Waals surface area contributed by atoms with E-state index >= 15 is 0 Å². The van der Waals surface area contributed by atoms with Gasteiger partial charge in [-0.1, -0.05) is 23.9 Å². The second-order valence-corrected chi connectivity index (χ2v) is 4.85. The summed E-state index contributed by atoms with van der Waals surface area (Å²) in [6.45, 7) is 2.45. The summed E-state index contributed by atoms with van der Waals surface area (Å²) in [7, 11) is 0. The molecule has 0 saturated heterocycles. The van der Waals surface area contributed by atoms with Gasteiger partial charge in [-0.15, -0.1) is 0 Å². The maximum atomic E-state index is 8.93. The lowest BCUT2D eigenvalue weighted by Gasteiger charge is -2.06. The van der Waals surface area contributed by atoms with E-state index in [4.69, 9.17) is 10.00 Å². The number of aryl methyl sites for hydroxylation is 1. The molecule has 0 N–H and O–H groups in total. The topological polar surface area (TPSA) is 58.8 Å². The third-order valence-corrected chi connectivity index (χ3v) is 3.18. The summed E-state index contributed by atoms with van der Waals surface area (Å²) in [5, 5.41) is 9.68. The van der Waals surface area contributed by atoms with Crippen LogP contribution in [-0.4, -0.2) is 22.3 Å². The predicted octanol–water partition coefficient (Wildman–Crippen LogP) is 2.83. The summed E-state index contributed by atoms with van der Waals surface area (Å²) in [5.74, 6) is 1.36. The van der Waals surface area contributed by atoms with E-state index in [0.717, 1.165) is 16.6 Å². The van der Waals surface area contributed by atoms with Crippen molar-refractivity contribution in [2.24, 2.45) is 0 Å². The summed E-state index contributed by atoms with van der Waals surface area (Å²) in [6, 6.07) is 11.2. The highest BCUT2D eigenvalue weighted by atomic mass is 32.2. The van der Waals surface area contributed by atoms with Crippen LogP contribution in [-0.2, 0) is 0 Å². The molecule has 2 aromatic rings. The highest BCUT2D eigenvalue weighted by molar-refractivity contribution is 7.99. The molecule has 1 heterocycles. The monoisotopic (exact) mass is 271 g/mol. The predicted molar refractivity (Wildman–Crippen MR) is 74.1 cm³/mol. The Kier molecular flexibility index (Phi) is 4.76. The van der Waals surface area contributed by atoms with Crippen molar-refractivity contribution in [1.29, 1.82) is 5.26 Å². The zero-order valence-corrected chi connectivity index (χ0v) is 11.4. The van der Waals surface area contributed by atoms with Crippen molar-refractivity contribution in [2.45, 2.75) is 12.1 Å². The fraction of sp³-hybridized carbons (Fsp3) is 0.214. The Morgan fingerprint density at radius 2 is 2.16 bits per heavy atom. The Bertz CT molecular complexity index is 595. The summed E-state index contributed by atoms with van der Waals surface area (Å²) < 4.78 is 5.58. The maximum absolute atomic E-state index is 8.93. The Morgan fingerprint density at radius 1 is 1.32 bits per heavy atom. The van der Waals surface area contributed by atoms with Gasteiger partial charge < -0.3 is 4.74 Å². The molecule has 0 radical (unpaired) electrons. The van der Waals surface area contributed by atoms with Gasteiger partial charge in [0.25, 0.3) is 0 Å². The van der Waals surface area contributed by atoms with Crippen LogP contribution in [0.25, 0.3) is 0 Å². The van der Waals surface area contributed by atoms with E-state index in [-0.39, 0.29) is 0 Å². The van der Waals surface area contributed by atoms with E-state index in [1.807, 2.05) is 25.1 Å². The Labute approximate surface area is 116 Å². The molecule has 0 aliphatic carbocycles. The molecule has 0 bridgehead atoms. The molecule has 1 aromatic carbocycles.